The normalized spacial score (nSPS) is 38.5. The molecule has 0 radical (unpaired) electrons. The molecule has 0 aromatic rings. The Bertz CT molecular complexity index is 539. The fourth-order valence-corrected chi connectivity index (χ4v) is 7.29. The smallest absolute Gasteiger partial charge is 0.00982 e. The minimum atomic E-state index is 0.770. The molecule has 6 aliphatic heterocycles. The average Bonchev–Trinajstić information content (AvgIpc) is 3.54. The molecular formula is C35H73N5. The average molecular weight is 564 g/mol. The lowest BCUT2D eigenvalue weighted by Crippen LogP contribution is -2.39. The van der Waals surface area contributed by atoms with Crippen molar-refractivity contribution in [3.05, 3.63) is 0 Å². The van der Waals surface area contributed by atoms with Gasteiger partial charge in [0.25, 0.3) is 0 Å². The minimum Gasteiger partial charge on any atom is -0.314 e. The summed E-state index contributed by atoms with van der Waals surface area (Å²) in [4.78, 5) is 7.38. The predicted octanol–water partition coefficient (Wildman–Crippen LogP) is 6.58. The highest BCUT2D eigenvalue weighted by molar-refractivity contribution is 4.91. The zero-order valence-electron chi connectivity index (χ0n) is 28.9. The Labute approximate surface area is 252 Å². The summed E-state index contributed by atoms with van der Waals surface area (Å²) in [5.41, 5.74) is 0. The summed E-state index contributed by atoms with van der Waals surface area (Å²) in [5.74, 6) is 4.74. The van der Waals surface area contributed by atoms with Crippen LogP contribution in [0.4, 0.5) is 0 Å². The number of nitrogens with one attached hydrogen (secondary N) is 2. The van der Waals surface area contributed by atoms with E-state index in [2.05, 4.69) is 94.9 Å². The lowest BCUT2D eigenvalue weighted by molar-refractivity contribution is 0.142. The number of fused-ring (bicyclic) bond motifs is 2. The molecule has 0 aromatic heterocycles. The van der Waals surface area contributed by atoms with E-state index >= 15 is 0 Å². The first kappa shape index (κ1) is 36.0. The lowest BCUT2D eigenvalue weighted by Gasteiger charge is -2.34. The molecule has 0 saturated carbocycles. The Balaban J connectivity index is 0.000000176. The molecule has 2 N–H and O–H groups in total. The van der Waals surface area contributed by atoms with Crippen LogP contribution in [0.1, 0.15) is 113 Å². The first-order chi connectivity index (χ1) is 18.9. The summed E-state index contributed by atoms with van der Waals surface area (Å²) < 4.78 is 0. The standard InChI is InChI=1S/C9H17N.2C7H15N.2C6H13N/c1-7-5-8-3-4-9(6-7)10(8)2;1-7-3-5-8(2)6-4-7;1-6-3-4-7(2)8-5-6;1-5-3-6(2)7-4-5;1-6-3-4-7(2)5-6/h7-9H,3-6H2,1-2H3;7H,3-6H2,1-2H3;6-8H,3-5H2,1-2H3;5-7H,3-4H2,1-2H3;6H,3-5H2,1-2H3. The van der Waals surface area contributed by atoms with Crippen LogP contribution in [0.15, 0.2) is 0 Å². The number of piperidine rings is 3. The van der Waals surface area contributed by atoms with E-state index in [9.17, 15) is 0 Å². The Kier molecular flexibility index (Phi) is 17.2. The van der Waals surface area contributed by atoms with E-state index in [0.717, 1.165) is 53.8 Å². The largest absolute Gasteiger partial charge is 0.314 e. The van der Waals surface area contributed by atoms with Crippen molar-refractivity contribution >= 4 is 0 Å². The van der Waals surface area contributed by atoms with Gasteiger partial charge < -0.3 is 25.3 Å². The van der Waals surface area contributed by atoms with Crippen LogP contribution in [0, 0.1) is 29.6 Å². The molecule has 238 valence electrons. The highest BCUT2D eigenvalue weighted by atomic mass is 15.2. The van der Waals surface area contributed by atoms with Gasteiger partial charge in [0.2, 0.25) is 0 Å². The molecule has 0 spiro atoms. The van der Waals surface area contributed by atoms with Gasteiger partial charge in [-0.1, -0.05) is 34.6 Å². The maximum atomic E-state index is 3.43. The van der Waals surface area contributed by atoms with Crippen molar-refractivity contribution in [2.24, 2.45) is 29.6 Å². The third kappa shape index (κ3) is 14.8. The predicted molar refractivity (Wildman–Crippen MR) is 177 cm³/mol. The maximum absolute atomic E-state index is 3.43. The molecule has 0 aromatic carbocycles. The molecule has 6 heterocycles. The van der Waals surface area contributed by atoms with Crippen LogP contribution in [0.2, 0.25) is 0 Å². The van der Waals surface area contributed by atoms with Gasteiger partial charge in [-0.25, -0.2) is 0 Å². The number of hydrogen-bond acceptors (Lipinski definition) is 5. The van der Waals surface area contributed by atoms with Gasteiger partial charge >= 0.3 is 0 Å². The maximum Gasteiger partial charge on any atom is 0.00982 e. The molecule has 6 aliphatic rings. The molecule has 0 amide bonds. The monoisotopic (exact) mass is 564 g/mol. The van der Waals surface area contributed by atoms with Crippen molar-refractivity contribution in [1.82, 2.24) is 25.3 Å². The van der Waals surface area contributed by atoms with E-state index in [4.69, 9.17) is 0 Å². The van der Waals surface area contributed by atoms with E-state index in [-0.39, 0.29) is 0 Å². The van der Waals surface area contributed by atoms with E-state index in [0.29, 0.717) is 0 Å². The Morgan fingerprint density at radius 2 is 0.975 bits per heavy atom. The van der Waals surface area contributed by atoms with Gasteiger partial charge in [0.15, 0.2) is 0 Å². The zero-order chi connectivity index (χ0) is 29.7. The SMILES string of the molecule is CC1CC2CCC(C1)N2C.CC1CCC(C)NC1.CC1CCN(C)C1.CC1CCN(C)CC1.CC1CNC(C)C1. The molecular weight excluding hydrogens is 490 g/mol. The molecule has 6 saturated heterocycles. The molecule has 5 nitrogen and oxygen atoms in total. The quantitative estimate of drug-likeness (QED) is 0.348. The number of rotatable bonds is 0. The molecule has 0 aliphatic carbocycles. The van der Waals surface area contributed by atoms with Gasteiger partial charge in [-0.2, -0.15) is 0 Å². The minimum absolute atomic E-state index is 0.770. The van der Waals surface area contributed by atoms with Gasteiger partial charge in [0, 0.05) is 30.7 Å². The van der Waals surface area contributed by atoms with Crippen molar-refractivity contribution < 1.29 is 0 Å². The Morgan fingerprint density at radius 1 is 0.450 bits per heavy atom. The van der Waals surface area contributed by atoms with Crippen LogP contribution in [-0.2, 0) is 0 Å². The second kappa shape index (κ2) is 19.2. The fourth-order valence-electron chi connectivity index (χ4n) is 7.29. The zero-order valence-corrected chi connectivity index (χ0v) is 28.9. The van der Waals surface area contributed by atoms with Crippen LogP contribution in [0.3, 0.4) is 0 Å². The summed E-state index contributed by atoms with van der Waals surface area (Å²) in [6.45, 7) is 23.8. The highest BCUT2D eigenvalue weighted by Gasteiger charge is 2.36. The second-order valence-electron chi connectivity index (χ2n) is 15.4. The molecule has 6 rings (SSSR count). The lowest BCUT2D eigenvalue weighted by atomic mass is 9.93. The van der Waals surface area contributed by atoms with Crippen molar-refractivity contribution in [1.29, 1.82) is 0 Å². The van der Waals surface area contributed by atoms with Crippen molar-refractivity contribution in [3.8, 4) is 0 Å². The van der Waals surface area contributed by atoms with Gasteiger partial charge in [0.05, 0.1) is 0 Å². The van der Waals surface area contributed by atoms with Crippen molar-refractivity contribution in [2.45, 2.75) is 137 Å². The van der Waals surface area contributed by atoms with Gasteiger partial charge in [-0.05, 0) is 162 Å². The van der Waals surface area contributed by atoms with Gasteiger partial charge in [0.1, 0.15) is 0 Å². The molecule has 5 heteroatoms. The highest BCUT2D eigenvalue weighted by Crippen LogP contribution is 2.36. The van der Waals surface area contributed by atoms with Crippen LogP contribution in [0.25, 0.3) is 0 Å². The third-order valence-electron chi connectivity index (χ3n) is 10.4. The number of nitrogens with zero attached hydrogens (tertiary/aromatic N) is 3. The molecule has 7 unspecified atom stereocenters. The third-order valence-corrected chi connectivity index (χ3v) is 10.4. The summed E-state index contributed by atoms with van der Waals surface area (Å²) in [6, 6.07) is 3.42. The molecule has 2 bridgehead atoms. The van der Waals surface area contributed by atoms with Crippen molar-refractivity contribution in [2.75, 3.05) is 60.4 Å². The topological polar surface area (TPSA) is 33.8 Å². The Morgan fingerprint density at radius 3 is 1.30 bits per heavy atom. The Hall–Kier alpha value is -0.200. The van der Waals surface area contributed by atoms with Gasteiger partial charge in [-0.15, -0.1) is 0 Å². The van der Waals surface area contributed by atoms with Crippen LogP contribution in [-0.4, -0.2) is 99.3 Å². The van der Waals surface area contributed by atoms with Crippen LogP contribution in [0.5, 0.6) is 0 Å². The van der Waals surface area contributed by atoms with E-state index in [1.54, 1.807) is 0 Å². The molecule has 6 fully saturated rings. The summed E-state index contributed by atoms with van der Waals surface area (Å²) in [6.07, 6.45) is 14.2. The van der Waals surface area contributed by atoms with Crippen LogP contribution >= 0.6 is 0 Å². The molecule has 7 atom stereocenters. The number of likely N-dealkylation sites (tertiary alicyclic amines) is 2. The second-order valence-corrected chi connectivity index (χ2v) is 15.4. The van der Waals surface area contributed by atoms with Crippen LogP contribution < -0.4 is 10.6 Å². The van der Waals surface area contributed by atoms with E-state index < -0.39 is 0 Å². The number of hydrogen-bond donors (Lipinski definition) is 2. The van der Waals surface area contributed by atoms with E-state index in [1.807, 2.05) is 0 Å². The summed E-state index contributed by atoms with van der Waals surface area (Å²) in [7, 11) is 6.68. The first-order valence-electron chi connectivity index (χ1n) is 17.5. The summed E-state index contributed by atoms with van der Waals surface area (Å²) >= 11 is 0. The summed E-state index contributed by atoms with van der Waals surface area (Å²) in [5, 5.41) is 6.80. The first-order valence-corrected chi connectivity index (χ1v) is 17.5. The van der Waals surface area contributed by atoms with Gasteiger partial charge in [-0.3, -0.25) is 0 Å². The van der Waals surface area contributed by atoms with E-state index in [1.165, 1.54) is 103 Å². The van der Waals surface area contributed by atoms with Crippen molar-refractivity contribution in [3.63, 3.8) is 0 Å². The molecule has 40 heavy (non-hydrogen) atoms. The fraction of sp³-hybridized carbons (Fsp3) is 1.00.